The zero-order valence-corrected chi connectivity index (χ0v) is 6.28. The summed E-state index contributed by atoms with van der Waals surface area (Å²) in [7, 11) is 0. The van der Waals surface area contributed by atoms with E-state index in [9.17, 15) is 0 Å². The second-order valence-electron chi connectivity index (χ2n) is 2.18. The molecule has 0 rings (SSSR count). The van der Waals surface area contributed by atoms with E-state index in [-0.39, 0.29) is 0 Å². The van der Waals surface area contributed by atoms with Crippen molar-refractivity contribution in [2.45, 2.75) is 32.7 Å². The molecule has 0 spiro atoms. The zero-order valence-electron chi connectivity index (χ0n) is 6.28. The van der Waals surface area contributed by atoms with Crippen LogP contribution >= 0.6 is 0 Å². The van der Waals surface area contributed by atoms with Gasteiger partial charge in [-0.25, -0.2) is 5.43 Å². The lowest BCUT2D eigenvalue weighted by molar-refractivity contribution is 0.474. The summed E-state index contributed by atoms with van der Waals surface area (Å²) in [5, 5.41) is 0. The predicted octanol–water partition coefficient (Wildman–Crippen LogP) is 1.41. The van der Waals surface area contributed by atoms with Crippen molar-refractivity contribution in [1.82, 2.24) is 10.9 Å². The molecule has 0 aliphatic carbocycles. The molecule has 0 aliphatic rings. The summed E-state index contributed by atoms with van der Waals surface area (Å²) in [5.74, 6) is 0. The minimum absolute atomic E-state index is 0.535. The van der Waals surface area contributed by atoms with Crippen molar-refractivity contribution in [1.29, 1.82) is 0 Å². The molecule has 0 radical (unpaired) electrons. The molecule has 1 atom stereocenters. The van der Waals surface area contributed by atoms with Crippen molar-refractivity contribution in [3.8, 4) is 0 Å². The standard InChI is InChI=1S/C7H16N2/c1-4-6-7(3)9-8-5-2/h5,7-9H,2,4,6H2,1,3H3. The predicted molar refractivity (Wildman–Crippen MR) is 40.8 cm³/mol. The van der Waals surface area contributed by atoms with Gasteiger partial charge < -0.3 is 5.43 Å². The van der Waals surface area contributed by atoms with Gasteiger partial charge in [0.2, 0.25) is 0 Å². The average molecular weight is 128 g/mol. The maximum atomic E-state index is 3.52. The Morgan fingerprint density at radius 2 is 2.33 bits per heavy atom. The zero-order chi connectivity index (χ0) is 7.11. The molecular weight excluding hydrogens is 112 g/mol. The molecule has 1 unspecified atom stereocenters. The van der Waals surface area contributed by atoms with E-state index in [1.54, 1.807) is 6.20 Å². The second-order valence-corrected chi connectivity index (χ2v) is 2.18. The number of hydrogen-bond acceptors (Lipinski definition) is 2. The Balaban J connectivity index is 3.04. The van der Waals surface area contributed by atoms with Crippen molar-refractivity contribution < 1.29 is 0 Å². The van der Waals surface area contributed by atoms with Crippen LogP contribution in [0, 0.1) is 0 Å². The molecule has 0 aliphatic heterocycles. The fourth-order valence-electron chi connectivity index (χ4n) is 0.706. The van der Waals surface area contributed by atoms with Gasteiger partial charge in [0, 0.05) is 12.2 Å². The van der Waals surface area contributed by atoms with Crippen LogP contribution in [-0.4, -0.2) is 6.04 Å². The Bertz CT molecular complexity index is 71.3. The van der Waals surface area contributed by atoms with Gasteiger partial charge >= 0.3 is 0 Å². The van der Waals surface area contributed by atoms with Gasteiger partial charge in [-0.15, -0.1) is 0 Å². The fourth-order valence-corrected chi connectivity index (χ4v) is 0.706. The van der Waals surface area contributed by atoms with Gasteiger partial charge in [-0.05, 0) is 13.3 Å². The van der Waals surface area contributed by atoms with Gasteiger partial charge in [-0.2, -0.15) is 0 Å². The Kier molecular flexibility index (Phi) is 5.32. The highest BCUT2D eigenvalue weighted by Gasteiger charge is 1.94. The van der Waals surface area contributed by atoms with Gasteiger partial charge in [0.1, 0.15) is 0 Å². The number of nitrogens with one attached hydrogen (secondary N) is 2. The van der Waals surface area contributed by atoms with E-state index in [1.807, 2.05) is 0 Å². The molecule has 0 saturated carbocycles. The molecular formula is C7H16N2. The third-order valence-corrected chi connectivity index (χ3v) is 1.15. The van der Waals surface area contributed by atoms with Gasteiger partial charge in [0.15, 0.2) is 0 Å². The minimum Gasteiger partial charge on any atom is -0.329 e. The molecule has 0 aromatic rings. The van der Waals surface area contributed by atoms with Crippen LogP contribution in [-0.2, 0) is 0 Å². The van der Waals surface area contributed by atoms with E-state index in [0.29, 0.717) is 6.04 Å². The first-order chi connectivity index (χ1) is 4.31. The molecule has 0 aromatic carbocycles. The SMILES string of the molecule is C=CNNC(C)CCC. The summed E-state index contributed by atoms with van der Waals surface area (Å²) in [4.78, 5) is 0. The van der Waals surface area contributed by atoms with Crippen LogP contribution < -0.4 is 10.9 Å². The molecule has 0 aromatic heterocycles. The summed E-state index contributed by atoms with van der Waals surface area (Å²) < 4.78 is 0. The molecule has 0 heterocycles. The molecule has 0 amide bonds. The molecule has 0 bridgehead atoms. The summed E-state index contributed by atoms with van der Waals surface area (Å²) in [6.07, 6.45) is 4.06. The van der Waals surface area contributed by atoms with Crippen molar-refractivity contribution in [2.75, 3.05) is 0 Å². The molecule has 2 heteroatoms. The first kappa shape index (κ1) is 8.50. The minimum atomic E-state index is 0.535. The Morgan fingerprint density at radius 3 is 2.78 bits per heavy atom. The van der Waals surface area contributed by atoms with Gasteiger partial charge in [0.25, 0.3) is 0 Å². The van der Waals surface area contributed by atoms with Crippen molar-refractivity contribution in [3.63, 3.8) is 0 Å². The quantitative estimate of drug-likeness (QED) is 0.547. The third-order valence-electron chi connectivity index (χ3n) is 1.15. The largest absolute Gasteiger partial charge is 0.329 e. The molecule has 0 fully saturated rings. The molecule has 0 saturated heterocycles. The summed E-state index contributed by atoms with van der Waals surface area (Å²) >= 11 is 0. The van der Waals surface area contributed by atoms with E-state index in [1.165, 1.54) is 12.8 Å². The molecule has 9 heavy (non-hydrogen) atoms. The average Bonchev–Trinajstić information content (AvgIpc) is 1.85. The monoisotopic (exact) mass is 128 g/mol. The lowest BCUT2D eigenvalue weighted by Gasteiger charge is -2.10. The first-order valence-corrected chi connectivity index (χ1v) is 3.43. The Morgan fingerprint density at radius 1 is 1.67 bits per heavy atom. The second kappa shape index (κ2) is 5.63. The van der Waals surface area contributed by atoms with Crippen LogP contribution in [0.15, 0.2) is 12.8 Å². The van der Waals surface area contributed by atoms with E-state index in [2.05, 4.69) is 31.3 Å². The van der Waals surface area contributed by atoms with Crippen LogP contribution in [0.5, 0.6) is 0 Å². The van der Waals surface area contributed by atoms with Crippen molar-refractivity contribution in [3.05, 3.63) is 12.8 Å². The Hall–Kier alpha value is -0.500. The number of rotatable bonds is 5. The maximum absolute atomic E-state index is 3.52. The van der Waals surface area contributed by atoms with Crippen LogP contribution in [0.25, 0.3) is 0 Å². The highest BCUT2D eigenvalue weighted by molar-refractivity contribution is 4.62. The van der Waals surface area contributed by atoms with Crippen LogP contribution in [0.2, 0.25) is 0 Å². The third kappa shape index (κ3) is 5.37. The highest BCUT2D eigenvalue weighted by Crippen LogP contribution is 1.91. The van der Waals surface area contributed by atoms with Gasteiger partial charge in [-0.3, -0.25) is 0 Å². The first-order valence-electron chi connectivity index (χ1n) is 3.43. The fraction of sp³-hybridized carbons (Fsp3) is 0.714. The maximum Gasteiger partial charge on any atom is 0.0232 e. The summed E-state index contributed by atoms with van der Waals surface area (Å²) in [5.41, 5.74) is 5.91. The van der Waals surface area contributed by atoms with E-state index in [0.717, 1.165) is 0 Å². The normalized spacial score (nSPS) is 12.7. The van der Waals surface area contributed by atoms with Gasteiger partial charge in [-0.1, -0.05) is 19.9 Å². The number of hydrazine groups is 1. The topological polar surface area (TPSA) is 24.1 Å². The summed E-state index contributed by atoms with van der Waals surface area (Å²) in [6.45, 7) is 7.83. The van der Waals surface area contributed by atoms with Gasteiger partial charge in [0.05, 0.1) is 0 Å². The summed E-state index contributed by atoms with van der Waals surface area (Å²) in [6, 6.07) is 0.535. The number of hydrogen-bond donors (Lipinski definition) is 2. The van der Waals surface area contributed by atoms with Crippen LogP contribution in [0.3, 0.4) is 0 Å². The Labute approximate surface area is 57.3 Å². The molecule has 2 nitrogen and oxygen atoms in total. The van der Waals surface area contributed by atoms with E-state index < -0.39 is 0 Å². The molecule has 54 valence electrons. The van der Waals surface area contributed by atoms with Crippen LogP contribution in [0.4, 0.5) is 0 Å². The lowest BCUT2D eigenvalue weighted by Crippen LogP contribution is -2.35. The van der Waals surface area contributed by atoms with Crippen LogP contribution in [0.1, 0.15) is 26.7 Å². The molecule has 2 N–H and O–H groups in total. The van der Waals surface area contributed by atoms with Crippen molar-refractivity contribution in [2.24, 2.45) is 0 Å². The lowest BCUT2D eigenvalue weighted by atomic mass is 10.2. The van der Waals surface area contributed by atoms with E-state index in [4.69, 9.17) is 0 Å². The van der Waals surface area contributed by atoms with Crippen molar-refractivity contribution >= 4 is 0 Å². The van der Waals surface area contributed by atoms with E-state index >= 15 is 0 Å². The smallest absolute Gasteiger partial charge is 0.0232 e. The highest BCUT2D eigenvalue weighted by atomic mass is 15.4.